The highest BCUT2D eigenvalue weighted by Gasteiger charge is 2.31. The lowest BCUT2D eigenvalue weighted by molar-refractivity contribution is -0.137. The zero-order valence-electron chi connectivity index (χ0n) is 10.6. The number of hydrogen-bond acceptors (Lipinski definition) is 2. The van der Waals surface area contributed by atoms with Gasteiger partial charge in [0.05, 0.1) is 22.6 Å². The Bertz CT molecular complexity index is 671. The van der Waals surface area contributed by atoms with Crippen molar-refractivity contribution in [1.82, 2.24) is 0 Å². The number of nitrogens with zero attached hydrogens (tertiary/aromatic N) is 1. The van der Waals surface area contributed by atoms with Crippen molar-refractivity contribution in [3.8, 4) is 0 Å². The summed E-state index contributed by atoms with van der Waals surface area (Å²) in [5.41, 5.74) is 4.89. The van der Waals surface area contributed by atoms with Crippen molar-refractivity contribution in [2.75, 3.05) is 10.6 Å². The number of para-hydroxylation sites is 2. The minimum Gasteiger partial charge on any atom is -0.464 e. The van der Waals surface area contributed by atoms with Crippen molar-refractivity contribution in [1.29, 1.82) is 0 Å². The number of nitrogens with two attached hydrogens (primary N) is 1. The predicted molar refractivity (Wildman–Crippen MR) is 72.5 cm³/mol. The van der Waals surface area contributed by atoms with E-state index in [9.17, 15) is 23.1 Å². The maximum atomic E-state index is 12.7. The molecule has 2 aromatic rings. The van der Waals surface area contributed by atoms with Gasteiger partial charge in [0, 0.05) is 0 Å². The Morgan fingerprint density at radius 3 is 2.33 bits per heavy atom. The summed E-state index contributed by atoms with van der Waals surface area (Å²) in [6, 6.07) is 10.1. The van der Waals surface area contributed by atoms with E-state index in [1.165, 1.54) is 18.2 Å². The average molecular weight is 296 g/mol. The molecule has 0 unspecified atom stereocenters. The monoisotopic (exact) mass is 296 g/mol. The fourth-order valence-electron chi connectivity index (χ4n) is 1.87. The van der Waals surface area contributed by atoms with Gasteiger partial charge in [-0.25, -0.2) is 9.69 Å². The van der Waals surface area contributed by atoms with Gasteiger partial charge >= 0.3 is 12.3 Å². The zero-order chi connectivity index (χ0) is 15.6. The summed E-state index contributed by atoms with van der Waals surface area (Å²) in [4.78, 5) is 12.1. The number of halogens is 3. The summed E-state index contributed by atoms with van der Waals surface area (Å²) in [6.07, 6.45) is -5.98. The SMILES string of the molecule is Nc1ccccc1N(C(=O)O)c1cccc(C(F)(F)F)c1. The number of hydrogen-bond donors (Lipinski definition) is 2. The lowest BCUT2D eigenvalue weighted by atomic mass is 10.1. The van der Waals surface area contributed by atoms with E-state index >= 15 is 0 Å². The molecule has 0 saturated carbocycles. The van der Waals surface area contributed by atoms with E-state index in [4.69, 9.17) is 5.73 Å². The van der Waals surface area contributed by atoms with E-state index < -0.39 is 17.8 Å². The van der Waals surface area contributed by atoms with Crippen LogP contribution in [-0.2, 0) is 6.18 Å². The molecule has 0 aliphatic rings. The third-order valence-electron chi connectivity index (χ3n) is 2.80. The normalized spacial score (nSPS) is 11.2. The summed E-state index contributed by atoms with van der Waals surface area (Å²) in [7, 11) is 0. The minimum atomic E-state index is -4.55. The van der Waals surface area contributed by atoms with Crippen LogP contribution in [0.2, 0.25) is 0 Å². The van der Waals surface area contributed by atoms with Crippen molar-refractivity contribution >= 4 is 23.2 Å². The van der Waals surface area contributed by atoms with Gasteiger partial charge in [-0.3, -0.25) is 0 Å². The molecule has 2 rings (SSSR count). The largest absolute Gasteiger partial charge is 0.464 e. The molecule has 0 aliphatic carbocycles. The van der Waals surface area contributed by atoms with Crippen LogP contribution >= 0.6 is 0 Å². The maximum Gasteiger partial charge on any atom is 0.416 e. The summed E-state index contributed by atoms with van der Waals surface area (Å²) in [5.74, 6) is 0. The Hall–Kier alpha value is -2.70. The maximum absolute atomic E-state index is 12.7. The van der Waals surface area contributed by atoms with Crippen molar-refractivity contribution in [2.24, 2.45) is 0 Å². The van der Waals surface area contributed by atoms with Crippen LogP contribution in [0, 0.1) is 0 Å². The molecule has 0 atom stereocenters. The zero-order valence-corrected chi connectivity index (χ0v) is 10.6. The highest BCUT2D eigenvalue weighted by Crippen LogP contribution is 2.35. The van der Waals surface area contributed by atoms with Crippen molar-refractivity contribution in [3.63, 3.8) is 0 Å². The van der Waals surface area contributed by atoms with E-state index in [1.54, 1.807) is 12.1 Å². The molecule has 3 N–H and O–H groups in total. The van der Waals surface area contributed by atoms with Crippen LogP contribution < -0.4 is 10.6 Å². The first-order valence-corrected chi connectivity index (χ1v) is 5.85. The summed E-state index contributed by atoms with van der Waals surface area (Å²) in [5, 5.41) is 9.29. The molecule has 2 aromatic carbocycles. The van der Waals surface area contributed by atoms with Crippen LogP contribution in [0.3, 0.4) is 0 Å². The van der Waals surface area contributed by atoms with Gasteiger partial charge in [-0.05, 0) is 30.3 Å². The molecule has 0 fully saturated rings. The fourth-order valence-corrected chi connectivity index (χ4v) is 1.87. The van der Waals surface area contributed by atoms with Crippen molar-refractivity contribution < 1.29 is 23.1 Å². The number of amides is 1. The van der Waals surface area contributed by atoms with Gasteiger partial charge in [-0.2, -0.15) is 13.2 Å². The van der Waals surface area contributed by atoms with Gasteiger partial charge < -0.3 is 10.8 Å². The number of benzene rings is 2. The Kier molecular flexibility index (Phi) is 3.75. The van der Waals surface area contributed by atoms with Crippen LogP contribution in [0.25, 0.3) is 0 Å². The van der Waals surface area contributed by atoms with E-state index in [-0.39, 0.29) is 17.1 Å². The molecule has 0 bridgehead atoms. The number of carboxylic acid groups (broad SMARTS) is 1. The molecule has 0 aliphatic heterocycles. The highest BCUT2D eigenvalue weighted by atomic mass is 19.4. The average Bonchev–Trinajstić information content (AvgIpc) is 2.40. The van der Waals surface area contributed by atoms with Crippen LogP contribution in [-0.4, -0.2) is 11.2 Å². The lowest BCUT2D eigenvalue weighted by Crippen LogP contribution is -2.25. The van der Waals surface area contributed by atoms with Crippen molar-refractivity contribution in [3.05, 3.63) is 54.1 Å². The predicted octanol–water partition coefficient (Wildman–Crippen LogP) is 4.10. The summed E-state index contributed by atoms with van der Waals surface area (Å²) >= 11 is 0. The van der Waals surface area contributed by atoms with Crippen LogP contribution in [0.15, 0.2) is 48.5 Å². The minimum absolute atomic E-state index is 0.101. The fraction of sp³-hybridized carbons (Fsp3) is 0.0714. The van der Waals surface area contributed by atoms with Crippen LogP contribution in [0.5, 0.6) is 0 Å². The van der Waals surface area contributed by atoms with Crippen molar-refractivity contribution in [2.45, 2.75) is 6.18 Å². The Labute approximate surface area is 118 Å². The molecule has 0 radical (unpaired) electrons. The topological polar surface area (TPSA) is 66.6 Å². The summed E-state index contributed by atoms with van der Waals surface area (Å²) in [6.45, 7) is 0. The number of nitrogen functional groups attached to an aromatic ring is 1. The number of alkyl halides is 3. The first-order chi connectivity index (χ1) is 9.80. The Morgan fingerprint density at radius 2 is 1.76 bits per heavy atom. The van der Waals surface area contributed by atoms with E-state index in [1.807, 2.05) is 0 Å². The third-order valence-corrected chi connectivity index (χ3v) is 2.80. The molecular weight excluding hydrogens is 285 g/mol. The highest BCUT2D eigenvalue weighted by molar-refractivity contribution is 5.98. The van der Waals surface area contributed by atoms with E-state index in [0.29, 0.717) is 4.90 Å². The number of carbonyl (C=O) groups is 1. The van der Waals surface area contributed by atoms with Gasteiger partial charge in [0.2, 0.25) is 0 Å². The van der Waals surface area contributed by atoms with Gasteiger partial charge in [0.25, 0.3) is 0 Å². The van der Waals surface area contributed by atoms with Gasteiger partial charge in [0.1, 0.15) is 0 Å². The van der Waals surface area contributed by atoms with Gasteiger partial charge in [0.15, 0.2) is 0 Å². The van der Waals surface area contributed by atoms with Gasteiger partial charge in [-0.15, -0.1) is 0 Å². The third kappa shape index (κ3) is 3.07. The molecular formula is C14H11F3N2O2. The second kappa shape index (κ2) is 5.35. The summed E-state index contributed by atoms with van der Waals surface area (Å²) < 4.78 is 38.2. The lowest BCUT2D eigenvalue weighted by Gasteiger charge is -2.22. The molecule has 4 nitrogen and oxygen atoms in total. The molecule has 110 valence electrons. The Morgan fingerprint density at radius 1 is 1.10 bits per heavy atom. The smallest absolute Gasteiger partial charge is 0.416 e. The molecule has 0 heterocycles. The molecule has 7 heteroatoms. The first kappa shape index (κ1) is 14.7. The number of anilines is 3. The van der Waals surface area contributed by atoms with E-state index in [2.05, 4.69) is 0 Å². The molecule has 0 saturated heterocycles. The molecule has 21 heavy (non-hydrogen) atoms. The standard InChI is InChI=1S/C14H11F3N2O2/c15-14(16,17)9-4-3-5-10(8-9)19(13(20)21)12-7-2-1-6-11(12)18/h1-8H,18H2,(H,20,21). The molecule has 1 amide bonds. The number of rotatable bonds is 2. The van der Waals surface area contributed by atoms with Crippen LogP contribution in [0.1, 0.15) is 5.56 Å². The second-order valence-corrected chi connectivity index (χ2v) is 4.22. The second-order valence-electron chi connectivity index (χ2n) is 4.22. The Balaban J connectivity index is 2.55. The first-order valence-electron chi connectivity index (χ1n) is 5.85. The molecule has 0 spiro atoms. The molecule has 0 aromatic heterocycles. The van der Waals surface area contributed by atoms with E-state index in [0.717, 1.165) is 18.2 Å². The van der Waals surface area contributed by atoms with Gasteiger partial charge in [-0.1, -0.05) is 18.2 Å². The quantitative estimate of drug-likeness (QED) is 0.820. The van der Waals surface area contributed by atoms with Crippen LogP contribution in [0.4, 0.5) is 35.0 Å².